The zero-order chi connectivity index (χ0) is 10.3. The molecular weight excluding hydrogens is 166 g/mol. The van der Waals surface area contributed by atoms with E-state index in [0.717, 1.165) is 0 Å². The third-order valence-electron chi connectivity index (χ3n) is 1.71. The molecule has 0 atom stereocenters. The highest BCUT2D eigenvalue weighted by Crippen LogP contribution is 1.97. The van der Waals surface area contributed by atoms with Gasteiger partial charge in [0.25, 0.3) is 0 Å². The highest BCUT2D eigenvalue weighted by Gasteiger charge is 2.10. The van der Waals surface area contributed by atoms with Crippen molar-refractivity contribution in [3.63, 3.8) is 0 Å². The lowest BCUT2D eigenvalue weighted by Gasteiger charge is -2.17. The molecule has 0 saturated carbocycles. The number of amides is 1. The fraction of sp³-hybridized carbons (Fsp3) is 0.600. The molecule has 0 spiro atoms. The molecule has 0 saturated heterocycles. The van der Waals surface area contributed by atoms with Crippen molar-refractivity contribution in [2.45, 2.75) is 26.7 Å². The smallest absolute Gasteiger partial charge is 0.223 e. The van der Waals surface area contributed by atoms with E-state index in [0.29, 0.717) is 19.5 Å². The number of hydrogen-bond acceptors (Lipinski definition) is 2. The maximum atomic E-state index is 11.3. The average Bonchev–Trinajstić information content (AvgIpc) is 2.10. The van der Waals surface area contributed by atoms with Crippen molar-refractivity contribution in [2.75, 3.05) is 13.1 Å². The monoisotopic (exact) mass is 181 g/mol. The lowest BCUT2D eigenvalue weighted by molar-refractivity contribution is -0.132. The molecule has 0 aliphatic carbocycles. The van der Waals surface area contributed by atoms with Crippen molar-refractivity contribution >= 4 is 11.7 Å². The number of carbonyl (C=O) groups is 2. The summed E-state index contributed by atoms with van der Waals surface area (Å²) in [5.41, 5.74) is 0. The first-order valence-electron chi connectivity index (χ1n) is 4.32. The van der Waals surface area contributed by atoms with Gasteiger partial charge in [0.15, 0.2) is 0 Å². The van der Waals surface area contributed by atoms with Crippen molar-refractivity contribution in [3.05, 3.63) is 0 Å². The number of Topliss-reactive ketones (excluding diaryl/α,β-unsaturated/α-hetero) is 1. The van der Waals surface area contributed by atoms with Gasteiger partial charge in [0.05, 0.1) is 6.54 Å². The number of rotatable bonds is 5. The molecule has 0 unspecified atom stereocenters. The fourth-order valence-electron chi connectivity index (χ4n) is 0.928. The Morgan fingerprint density at radius 1 is 1.38 bits per heavy atom. The average molecular weight is 181 g/mol. The van der Waals surface area contributed by atoms with E-state index in [2.05, 4.69) is 5.92 Å². The summed E-state index contributed by atoms with van der Waals surface area (Å²) in [6, 6.07) is 0. The van der Waals surface area contributed by atoms with Crippen LogP contribution in [0.5, 0.6) is 0 Å². The number of hydrogen-bond donors (Lipinski definition) is 0. The van der Waals surface area contributed by atoms with Gasteiger partial charge in [-0.05, 0) is 13.8 Å². The molecule has 0 aromatic rings. The molecule has 0 aliphatic rings. The number of nitrogens with zero attached hydrogens (tertiary/aromatic N) is 1. The zero-order valence-corrected chi connectivity index (χ0v) is 8.17. The molecule has 0 fully saturated rings. The molecule has 0 radical (unpaired) electrons. The first-order chi connectivity index (χ1) is 6.11. The van der Waals surface area contributed by atoms with E-state index in [-0.39, 0.29) is 18.1 Å². The molecular formula is C10H15NO2. The Labute approximate surface area is 79.1 Å². The molecule has 0 bridgehead atoms. The van der Waals surface area contributed by atoms with Gasteiger partial charge in [0.2, 0.25) is 5.91 Å². The van der Waals surface area contributed by atoms with Gasteiger partial charge >= 0.3 is 0 Å². The van der Waals surface area contributed by atoms with Crippen LogP contribution in [0.1, 0.15) is 26.7 Å². The van der Waals surface area contributed by atoms with Crippen LogP contribution in [-0.4, -0.2) is 29.7 Å². The summed E-state index contributed by atoms with van der Waals surface area (Å²) < 4.78 is 0. The van der Waals surface area contributed by atoms with E-state index in [1.54, 1.807) is 4.90 Å². The van der Waals surface area contributed by atoms with Crippen LogP contribution in [0.2, 0.25) is 0 Å². The van der Waals surface area contributed by atoms with Crippen molar-refractivity contribution in [1.29, 1.82) is 0 Å². The van der Waals surface area contributed by atoms with Crippen LogP contribution in [0.25, 0.3) is 0 Å². The van der Waals surface area contributed by atoms with Crippen LogP contribution < -0.4 is 0 Å². The molecule has 3 heteroatoms. The second kappa shape index (κ2) is 6.24. The Morgan fingerprint density at radius 3 is 2.38 bits per heavy atom. The van der Waals surface area contributed by atoms with E-state index in [9.17, 15) is 9.59 Å². The quantitative estimate of drug-likeness (QED) is 0.589. The molecule has 0 aromatic heterocycles. The summed E-state index contributed by atoms with van der Waals surface area (Å²) in [6.45, 7) is 4.27. The predicted molar refractivity (Wildman–Crippen MR) is 51.0 cm³/mol. The SMILES string of the molecule is C#CCN(CC)C(=O)CCC(C)=O. The van der Waals surface area contributed by atoms with Crippen LogP contribution in [0.4, 0.5) is 0 Å². The summed E-state index contributed by atoms with van der Waals surface area (Å²) in [5.74, 6) is 2.39. The Hall–Kier alpha value is -1.30. The Morgan fingerprint density at radius 2 is 2.00 bits per heavy atom. The number of ketones is 1. The van der Waals surface area contributed by atoms with Crippen molar-refractivity contribution < 1.29 is 9.59 Å². The summed E-state index contributed by atoms with van der Waals surface area (Å²) in [7, 11) is 0. The van der Waals surface area contributed by atoms with Gasteiger partial charge in [-0.2, -0.15) is 0 Å². The van der Waals surface area contributed by atoms with Crippen LogP contribution >= 0.6 is 0 Å². The molecule has 3 nitrogen and oxygen atoms in total. The van der Waals surface area contributed by atoms with Gasteiger partial charge in [-0.1, -0.05) is 5.92 Å². The maximum Gasteiger partial charge on any atom is 0.223 e. The highest BCUT2D eigenvalue weighted by molar-refractivity contribution is 5.83. The normalized spacial score (nSPS) is 9.00. The van der Waals surface area contributed by atoms with Crippen molar-refractivity contribution in [3.8, 4) is 12.3 Å². The molecule has 0 rings (SSSR count). The standard InChI is InChI=1S/C10H15NO2/c1-4-8-11(5-2)10(13)7-6-9(3)12/h1H,5-8H2,2-3H3. The molecule has 0 aliphatic heterocycles. The Balaban J connectivity index is 3.92. The Kier molecular flexibility index (Phi) is 5.62. The molecule has 13 heavy (non-hydrogen) atoms. The topological polar surface area (TPSA) is 37.4 Å². The zero-order valence-electron chi connectivity index (χ0n) is 8.17. The molecule has 1 amide bonds. The summed E-state index contributed by atoms with van der Waals surface area (Å²) >= 11 is 0. The number of carbonyl (C=O) groups excluding carboxylic acids is 2. The summed E-state index contributed by atoms with van der Waals surface area (Å²) in [5, 5.41) is 0. The third-order valence-corrected chi connectivity index (χ3v) is 1.71. The predicted octanol–water partition coefficient (Wildman–Crippen LogP) is 0.837. The van der Waals surface area contributed by atoms with E-state index in [1.165, 1.54) is 6.92 Å². The largest absolute Gasteiger partial charge is 0.332 e. The van der Waals surface area contributed by atoms with Gasteiger partial charge in [-0.15, -0.1) is 6.42 Å². The fourth-order valence-corrected chi connectivity index (χ4v) is 0.928. The van der Waals surface area contributed by atoms with Gasteiger partial charge in [-0.3, -0.25) is 4.79 Å². The van der Waals surface area contributed by atoms with Crippen molar-refractivity contribution in [2.24, 2.45) is 0 Å². The molecule has 0 heterocycles. The first-order valence-corrected chi connectivity index (χ1v) is 4.32. The minimum absolute atomic E-state index is 0.0325. The van der Waals surface area contributed by atoms with Crippen LogP contribution in [0, 0.1) is 12.3 Å². The minimum Gasteiger partial charge on any atom is -0.332 e. The van der Waals surface area contributed by atoms with Gasteiger partial charge in [0.1, 0.15) is 5.78 Å². The summed E-state index contributed by atoms with van der Waals surface area (Å²) in [6.07, 6.45) is 5.66. The molecule has 0 N–H and O–H groups in total. The Bertz CT molecular complexity index is 228. The van der Waals surface area contributed by atoms with Crippen LogP contribution in [0.3, 0.4) is 0 Å². The van der Waals surface area contributed by atoms with Gasteiger partial charge < -0.3 is 9.69 Å². The summed E-state index contributed by atoms with van der Waals surface area (Å²) in [4.78, 5) is 23.5. The minimum atomic E-state index is -0.0457. The van der Waals surface area contributed by atoms with Gasteiger partial charge in [-0.25, -0.2) is 0 Å². The third kappa shape index (κ3) is 5.02. The van der Waals surface area contributed by atoms with Crippen molar-refractivity contribution in [1.82, 2.24) is 4.90 Å². The first kappa shape index (κ1) is 11.7. The second-order valence-electron chi connectivity index (χ2n) is 2.81. The van der Waals surface area contributed by atoms with E-state index in [4.69, 9.17) is 6.42 Å². The lowest BCUT2D eigenvalue weighted by Crippen LogP contribution is -2.31. The lowest BCUT2D eigenvalue weighted by atomic mass is 10.2. The highest BCUT2D eigenvalue weighted by atomic mass is 16.2. The number of terminal acetylenes is 1. The van der Waals surface area contributed by atoms with Crippen LogP contribution in [0.15, 0.2) is 0 Å². The van der Waals surface area contributed by atoms with Crippen LogP contribution in [-0.2, 0) is 9.59 Å². The van der Waals surface area contributed by atoms with E-state index >= 15 is 0 Å². The van der Waals surface area contributed by atoms with E-state index in [1.807, 2.05) is 6.92 Å². The maximum absolute atomic E-state index is 11.3. The molecule has 72 valence electrons. The van der Waals surface area contributed by atoms with E-state index < -0.39 is 0 Å². The molecule has 0 aromatic carbocycles. The second-order valence-corrected chi connectivity index (χ2v) is 2.81. The van der Waals surface area contributed by atoms with Gasteiger partial charge in [0, 0.05) is 19.4 Å².